The molecule has 0 bridgehead atoms. The van der Waals surface area contributed by atoms with Crippen molar-refractivity contribution in [2.45, 2.75) is 12.8 Å². The van der Waals surface area contributed by atoms with Gasteiger partial charge in [0, 0.05) is 17.7 Å². The Balaban J connectivity index is 2.40. The Morgan fingerprint density at radius 3 is 2.11 bits per heavy atom. The van der Waals surface area contributed by atoms with Crippen LogP contribution in [-0.4, -0.2) is 33.4 Å². The van der Waals surface area contributed by atoms with E-state index in [4.69, 9.17) is 18.9 Å². The lowest BCUT2D eigenvalue weighted by Crippen LogP contribution is -2.02. The summed E-state index contributed by atoms with van der Waals surface area (Å²) in [7, 11) is 6.31. The second kappa shape index (κ2) is 9.47. The molecule has 0 aliphatic heterocycles. The molecule has 0 unspecified atom stereocenters. The zero-order valence-corrected chi connectivity index (χ0v) is 15.9. The molecule has 0 saturated carbocycles. The van der Waals surface area contributed by atoms with E-state index in [1.165, 1.54) is 6.08 Å². The molecule has 0 radical (unpaired) electrons. The fraction of sp³-hybridized carbons (Fsp3) is 0.300. The molecule has 0 saturated heterocycles. The van der Waals surface area contributed by atoms with Crippen LogP contribution in [0.15, 0.2) is 36.5 Å². The van der Waals surface area contributed by atoms with Crippen LogP contribution in [0.1, 0.15) is 16.7 Å². The molecule has 0 aliphatic rings. The van der Waals surface area contributed by atoms with Gasteiger partial charge in [0.2, 0.25) is 6.20 Å². The van der Waals surface area contributed by atoms with Gasteiger partial charge in [0.15, 0.2) is 11.5 Å². The largest absolute Gasteiger partial charge is 0.497 e. The molecule has 0 heterocycles. The maximum atomic E-state index is 10.7. The Labute approximate surface area is 158 Å². The van der Waals surface area contributed by atoms with Crippen molar-refractivity contribution < 1.29 is 23.9 Å². The molecular weight excluding hydrogens is 350 g/mol. The number of rotatable bonds is 9. The minimum absolute atomic E-state index is 0.493. The van der Waals surface area contributed by atoms with E-state index in [9.17, 15) is 10.1 Å². The first-order chi connectivity index (χ1) is 13.0. The number of benzene rings is 2. The molecule has 144 valence electrons. The highest BCUT2D eigenvalue weighted by Gasteiger charge is 2.15. The topological polar surface area (TPSA) is 80.1 Å². The van der Waals surface area contributed by atoms with Crippen LogP contribution in [0.2, 0.25) is 0 Å². The molecule has 0 fully saturated rings. The zero-order valence-electron chi connectivity index (χ0n) is 15.9. The summed E-state index contributed by atoms with van der Waals surface area (Å²) >= 11 is 0. The van der Waals surface area contributed by atoms with Crippen molar-refractivity contribution in [3.63, 3.8) is 0 Å². The van der Waals surface area contributed by atoms with Gasteiger partial charge in [0.1, 0.15) is 11.5 Å². The molecule has 0 atom stereocenters. The minimum Gasteiger partial charge on any atom is -0.497 e. The third-order valence-electron chi connectivity index (χ3n) is 4.14. The molecule has 0 amide bonds. The minimum atomic E-state index is -0.493. The first kappa shape index (κ1) is 20.1. The summed E-state index contributed by atoms with van der Waals surface area (Å²) in [5, 5.41) is 10.7. The molecule has 0 spiro atoms. The fourth-order valence-electron chi connectivity index (χ4n) is 2.84. The van der Waals surface area contributed by atoms with Gasteiger partial charge in [-0.1, -0.05) is 6.07 Å². The van der Waals surface area contributed by atoms with E-state index in [1.807, 2.05) is 12.1 Å². The van der Waals surface area contributed by atoms with Crippen LogP contribution in [0, 0.1) is 10.1 Å². The van der Waals surface area contributed by atoms with Crippen LogP contribution in [0.5, 0.6) is 23.0 Å². The fourth-order valence-corrected chi connectivity index (χ4v) is 2.84. The van der Waals surface area contributed by atoms with Crippen LogP contribution in [0.3, 0.4) is 0 Å². The van der Waals surface area contributed by atoms with Crippen molar-refractivity contribution in [2.75, 3.05) is 28.4 Å². The highest BCUT2D eigenvalue weighted by molar-refractivity contribution is 5.62. The van der Waals surface area contributed by atoms with Crippen molar-refractivity contribution in [3.05, 3.63) is 63.3 Å². The second-order valence-corrected chi connectivity index (χ2v) is 5.69. The third-order valence-corrected chi connectivity index (χ3v) is 4.14. The Morgan fingerprint density at radius 2 is 1.59 bits per heavy atom. The van der Waals surface area contributed by atoms with E-state index in [-0.39, 0.29) is 0 Å². The van der Waals surface area contributed by atoms with E-state index in [0.717, 1.165) is 17.3 Å². The lowest BCUT2D eigenvalue weighted by atomic mass is 9.97. The van der Waals surface area contributed by atoms with Crippen molar-refractivity contribution >= 4 is 6.08 Å². The molecule has 0 aliphatic carbocycles. The smallest absolute Gasteiger partial charge is 0.235 e. The Morgan fingerprint density at radius 1 is 0.926 bits per heavy atom. The van der Waals surface area contributed by atoms with E-state index in [0.29, 0.717) is 41.4 Å². The van der Waals surface area contributed by atoms with Crippen LogP contribution < -0.4 is 18.9 Å². The summed E-state index contributed by atoms with van der Waals surface area (Å²) in [5.74, 6) is 2.55. The van der Waals surface area contributed by atoms with Gasteiger partial charge in [0.25, 0.3) is 0 Å². The van der Waals surface area contributed by atoms with Crippen LogP contribution in [0.25, 0.3) is 6.08 Å². The SMILES string of the molecule is COc1cc(CCc2c(/C=C/[N+](=O)[O-])ccc(OC)c2OC)cc(OC)c1. The summed E-state index contributed by atoms with van der Waals surface area (Å²) in [6.07, 6.45) is 3.63. The Bertz CT molecular complexity index is 809. The maximum Gasteiger partial charge on any atom is 0.235 e. The van der Waals surface area contributed by atoms with Gasteiger partial charge in [-0.25, -0.2) is 0 Å². The number of hydrogen-bond acceptors (Lipinski definition) is 6. The third kappa shape index (κ3) is 5.13. The predicted molar refractivity (Wildman–Crippen MR) is 103 cm³/mol. The molecule has 27 heavy (non-hydrogen) atoms. The van der Waals surface area contributed by atoms with E-state index < -0.39 is 4.92 Å². The van der Waals surface area contributed by atoms with Crippen molar-refractivity contribution in [2.24, 2.45) is 0 Å². The van der Waals surface area contributed by atoms with E-state index in [2.05, 4.69) is 0 Å². The summed E-state index contributed by atoms with van der Waals surface area (Å²) in [6.45, 7) is 0. The molecular formula is C20H23NO6. The lowest BCUT2D eigenvalue weighted by Gasteiger charge is -2.16. The molecule has 0 N–H and O–H groups in total. The van der Waals surface area contributed by atoms with Crippen LogP contribution >= 0.6 is 0 Å². The van der Waals surface area contributed by atoms with E-state index in [1.54, 1.807) is 46.6 Å². The molecule has 2 aromatic carbocycles. The summed E-state index contributed by atoms with van der Waals surface area (Å²) in [6, 6.07) is 9.18. The number of ether oxygens (including phenoxy) is 4. The molecule has 0 aromatic heterocycles. The Hall–Kier alpha value is -3.22. The summed E-state index contributed by atoms with van der Waals surface area (Å²) in [5.41, 5.74) is 2.55. The molecule has 7 nitrogen and oxygen atoms in total. The highest BCUT2D eigenvalue weighted by atomic mass is 16.6. The van der Waals surface area contributed by atoms with Crippen LogP contribution in [-0.2, 0) is 12.8 Å². The number of nitrogens with zero attached hydrogens (tertiary/aromatic N) is 1. The van der Waals surface area contributed by atoms with E-state index >= 15 is 0 Å². The number of aryl methyl sites for hydroxylation is 1. The predicted octanol–water partition coefficient (Wildman–Crippen LogP) is 3.75. The van der Waals surface area contributed by atoms with Gasteiger partial charge < -0.3 is 18.9 Å². The quantitative estimate of drug-likeness (QED) is 0.492. The standard InChI is InChI=1S/C20H23NO6/c1-24-16-11-14(12-17(13-16)25-2)5-7-18-15(9-10-21(22)23)6-8-19(26-3)20(18)27-4/h6,8-13H,5,7H2,1-4H3/b10-9+. The Kier molecular flexibility index (Phi) is 7.05. The average molecular weight is 373 g/mol. The second-order valence-electron chi connectivity index (χ2n) is 5.69. The first-order valence-electron chi connectivity index (χ1n) is 8.29. The van der Waals surface area contributed by atoms with Crippen molar-refractivity contribution in [3.8, 4) is 23.0 Å². The molecule has 2 aromatic rings. The monoisotopic (exact) mass is 373 g/mol. The zero-order chi connectivity index (χ0) is 19.8. The average Bonchev–Trinajstić information content (AvgIpc) is 2.69. The van der Waals surface area contributed by atoms with Gasteiger partial charge in [0.05, 0.1) is 33.4 Å². The highest BCUT2D eigenvalue weighted by Crippen LogP contribution is 2.35. The lowest BCUT2D eigenvalue weighted by molar-refractivity contribution is -0.400. The summed E-state index contributed by atoms with van der Waals surface area (Å²) in [4.78, 5) is 10.2. The maximum absolute atomic E-state index is 10.7. The van der Waals surface area contributed by atoms with Gasteiger partial charge in [-0.05, 0) is 42.2 Å². The van der Waals surface area contributed by atoms with Crippen molar-refractivity contribution in [1.82, 2.24) is 0 Å². The molecule has 7 heteroatoms. The normalized spacial score (nSPS) is 10.7. The number of nitro groups is 1. The number of methoxy groups -OCH3 is 4. The van der Waals surface area contributed by atoms with Gasteiger partial charge >= 0.3 is 0 Å². The van der Waals surface area contributed by atoms with Crippen molar-refractivity contribution in [1.29, 1.82) is 0 Å². The summed E-state index contributed by atoms with van der Waals surface area (Å²) < 4.78 is 21.5. The van der Waals surface area contributed by atoms with Crippen LogP contribution in [0.4, 0.5) is 0 Å². The first-order valence-corrected chi connectivity index (χ1v) is 8.29. The van der Waals surface area contributed by atoms with Gasteiger partial charge in [-0.2, -0.15) is 0 Å². The molecule has 2 rings (SSSR count). The van der Waals surface area contributed by atoms with Gasteiger partial charge in [-0.15, -0.1) is 0 Å². The van der Waals surface area contributed by atoms with Gasteiger partial charge in [-0.3, -0.25) is 10.1 Å². The number of hydrogen-bond donors (Lipinski definition) is 0.